The summed E-state index contributed by atoms with van der Waals surface area (Å²) in [6, 6.07) is 39.2. The second-order valence-corrected chi connectivity index (χ2v) is 18.8. The first-order valence-corrected chi connectivity index (χ1v) is 22.1. The molecule has 8 rings (SSSR count). The van der Waals surface area contributed by atoms with Crippen LogP contribution in [-0.4, -0.2) is 23.3 Å². The number of rotatable bonds is 8. The Bertz CT molecular complexity index is 2560. The molecule has 0 radical (unpaired) electrons. The number of aryl methyl sites for hydroxylation is 1. The number of carbonyl (C=O) groups is 2. The molecule has 9 N–H and O–H groups in total. The van der Waals surface area contributed by atoms with Gasteiger partial charge in [0.1, 0.15) is 34.4 Å². The Balaban J connectivity index is 0.000000195. The van der Waals surface area contributed by atoms with E-state index in [0.29, 0.717) is 40.2 Å². The minimum absolute atomic E-state index is 0.148. The summed E-state index contributed by atoms with van der Waals surface area (Å²) in [5.74, 6) is 2.57. The van der Waals surface area contributed by atoms with Crippen LogP contribution >= 0.6 is 0 Å². The van der Waals surface area contributed by atoms with Crippen molar-refractivity contribution < 1.29 is 28.5 Å². The van der Waals surface area contributed by atoms with Crippen LogP contribution in [0.4, 0.5) is 16.2 Å². The molecule has 0 saturated carbocycles. The van der Waals surface area contributed by atoms with E-state index in [4.69, 9.17) is 36.1 Å². The van der Waals surface area contributed by atoms with Gasteiger partial charge in [0.15, 0.2) is 17.0 Å². The number of nitrogens with one attached hydrogen (secondary N) is 3. The van der Waals surface area contributed by atoms with Gasteiger partial charge in [0.2, 0.25) is 0 Å². The van der Waals surface area contributed by atoms with Crippen molar-refractivity contribution in [2.75, 3.05) is 10.6 Å². The predicted molar refractivity (Wildman–Crippen MR) is 256 cm³/mol. The molecule has 5 aromatic carbocycles. The molecule has 1 amide bonds. The number of anilines is 2. The van der Waals surface area contributed by atoms with Crippen LogP contribution in [0.15, 0.2) is 144 Å². The fourth-order valence-corrected chi connectivity index (χ4v) is 8.57. The molecule has 3 atom stereocenters. The van der Waals surface area contributed by atoms with Gasteiger partial charge >= 0.3 is 12.1 Å². The average Bonchev–Trinajstić information content (AvgIpc) is 3.26. The van der Waals surface area contributed by atoms with Crippen LogP contribution in [0.1, 0.15) is 119 Å². The van der Waals surface area contributed by atoms with Gasteiger partial charge in [0, 0.05) is 11.8 Å². The van der Waals surface area contributed by atoms with E-state index in [0.717, 1.165) is 47.4 Å². The molecule has 5 aromatic rings. The number of alkyl carbamates (subject to hydrolysis) is 1. The molecule has 12 nitrogen and oxygen atoms in total. The molecule has 340 valence electrons. The number of benzene rings is 5. The zero-order valence-electron chi connectivity index (χ0n) is 38.6. The number of esters is 1. The van der Waals surface area contributed by atoms with Gasteiger partial charge in [-0.3, -0.25) is 0 Å². The van der Waals surface area contributed by atoms with Crippen molar-refractivity contribution in [3.63, 3.8) is 0 Å². The zero-order valence-corrected chi connectivity index (χ0v) is 38.6. The average molecular weight is 879 g/mol. The summed E-state index contributed by atoms with van der Waals surface area (Å²) in [6.07, 6.45) is 2.71. The Labute approximate surface area is 382 Å². The van der Waals surface area contributed by atoms with Crippen LogP contribution < -0.4 is 42.6 Å². The predicted octanol–water partition coefficient (Wildman–Crippen LogP) is 10.3. The van der Waals surface area contributed by atoms with Crippen LogP contribution in [0.5, 0.6) is 11.5 Å². The molecule has 2 heterocycles. The maximum Gasteiger partial charge on any atom is 0.408 e. The highest BCUT2D eigenvalue weighted by atomic mass is 16.6. The monoisotopic (exact) mass is 878 g/mol. The third kappa shape index (κ3) is 10.6. The summed E-state index contributed by atoms with van der Waals surface area (Å²) in [4.78, 5) is 26.7. The number of carbonyl (C=O) groups excluding carboxylic acids is 2. The number of nitrogens with two attached hydrogens (primary N) is 3. The minimum Gasteiger partial charge on any atom is -0.458 e. The first-order chi connectivity index (χ1) is 30.8. The summed E-state index contributed by atoms with van der Waals surface area (Å²) in [5.41, 5.74) is 23.9. The number of hydrogen-bond donors (Lipinski definition) is 6. The highest BCUT2D eigenvalue weighted by Gasteiger charge is 2.48. The lowest BCUT2D eigenvalue weighted by atomic mass is 9.71. The summed E-state index contributed by atoms with van der Waals surface area (Å²) >= 11 is 0. The molecule has 0 bridgehead atoms. The van der Waals surface area contributed by atoms with Gasteiger partial charge in [-0.25, -0.2) is 9.59 Å². The Hall–Kier alpha value is -6.92. The van der Waals surface area contributed by atoms with E-state index >= 15 is 0 Å². The fourth-order valence-electron chi connectivity index (χ4n) is 8.57. The largest absolute Gasteiger partial charge is 0.458 e. The summed E-state index contributed by atoms with van der Waals surface area (Å²) in [5, 5.41) is 9.51. The van der Waals surface area contributed by atoms with Crippen LogP contribution in [0, 0.1) is 0 Å². The molecule has 1 aliphatic carbocycles. The molecular weight excluding hydrogens is 817 g/mol. The molecule has 3 unspecified atom stereocenters. The highest BCUT2D eigenvalue weighted by molar-refractivity contribution is 5.86. The third-order valence-electron chi connectivity index (χ3n) is 11.6. The lowest BCUT2D eigenvalue weighted by Crippen LogP contribution is -2.53. The van der Waals surface area contributed by atoms with Gasteiger partial charge in [-0.05, 0) is 132 Å². The third-order valence-corrected chi connectivity index (χ3v) is 11.6. The van der Waals surface area contributed by atoms with E-state index in [2.05, 4.69) is 40.2 Å². The Kier molecular flexibility index (Phi) is 13.2. The van der Waals surface area contributed by atoms with Gasteiger partial charge < -0.3 is 52.1 Å². The molecule has 0 fully saturated rings. The quantitative estimate of drug-likeness (QED) is 0.0815. The van der Waals surface area contributed by atoms with E-state index < -0.39 is 34.7 Å². The first kappa shape index (κ1) is 46.1. The van der Waals surface area contributed by atoms with Crippen LogP contribution in [-0.2, 0) is 26.2 Å². The Morgan fingerprint density at radius 2 is 1.20 bits per heavy atom. The lowest BCUT2D eigenvalue weighted by molar-refractivity contribution is -0.162. The van der Waals surface area contributed by atoms with Gasteiger partial charge in [-0.2, -0.15) is 0 Å². The molecule has 3 aliphatic rings. The lowest BCUT2D eigenvalue weighted by Gasteiger charge is -2.39. The van der Waals surface area contributed by atoms with E-state index in [9.17, 15) is 9.59 Å². The summed E-state index contributed by atoms with van der Waals surface area (Å²) in [7, 11) is 0. The maximum absolute atomic E-state index is 13.9. The SMILES string of the molecule is CC1=C(N)Nc2cc(C(N)(C(=O)OC(C)(C)C)C(c3ccccc3)c3ccccc3)ccc2O1.CC1=C(N)Nc2cc(C(NC(=O)OC(C)(C)C)C3CCCc4ccccc43)ccc2O1. The molecule has 0 aromatic heterocycles. The van der Waals surface area contributed by atoms with Gasteiger partial charge in [0.05, 0.1) is 17.4 Å². The van der Waals surface area contributed by atoms with E-state index in [1.165, 1.54) is 11.1 Å². The maximum atomic E-state index is 13.9. The highest BCUT2D eigenvalue weighted by Crippen LogP contribution is 2.46. The van der Waals surface area contributed by atoms with Gasteiger partial charge in [0.25, 0.3) is 0 Å². The van der Waals surface area contributed by atoms with Crippen molar-refractivity contribution in [1.29, 1.82) is 0 Å². The molecule has 0 spiro atoms. The van der Waals surface area contributed by atoms with E-state index in [-0.39, 0.29) is 12.0 Å². The Morgan fingerprint density at radius 3 is 1.77 bits per heavy atom. The smallest absolute Gasteiger partial charge is 0.408 e. The van der Waals surface area contributed by atoms with Gasteiger partial charge in [-0.15, -0.1) is 0 Å². The number of hydrogen-bond acceptors (Lipinski definition) is 11. The number of allylic oxidation sites excluding steroid dienone is 2. The van der Waals surface area contributed by atoms with Crippen LogP contribution in [0.2, 0.25) is 0 Å². The van der Waals surface area contributed by atoms with Crippen LogP contribution in [0.3, 0.4) is 0 Å². The van der Waals surface area contributed by atoms with Crippen molar-refractivity contribution in [2.24, 2.45) is 17.2 Å². The summed E-state index contributed by atoms with van der Waals surface area (Å²) < 4.78 is 23.1. The second-order valence-electron chi connectivity index (χ2n) is 18.8. The van der Waals surface area contributed by atoms with E-state index in [1.807, 2.05) is 139 Å². The molecular formula is C53H62N6O6. The molecule has 0 saturated heterocycles. The molecule has 2 aliphatic heterocycles. The molecule has 65 heavy (non-hydrogen) atoms. The number of amides is 1. The van der Waals surface area contributed by atoms with Crippen molar-refractivity contribution in [3.05, 3.63) is 178 Å². The van der Waals surface area contributed by atoms with Crippen molar-refractivity contribution in [1.82, 2.24) is 5.32 Å². The van der Waals surface area contributed by atoms with Crippen LogP contribution in [0.25, 0.3) is 0 Å². The zero-order chi connectivity index (χ0) is 46.7. The second kappa shape index (κ2) is 18.7. The van der Waals surface area contributed by atoms with Gasteiger partial charge in [-0.1, -0.05) is 97.1 Å². The Morgan fingerprint density at radius 1 is 0.677 bits per heavy atom. The number of fused-ring (bicyclic) bond motifs is 3. The number of ether oxygens (including phenoxy) is 4. The minimum atomic E-state index is -1.54. The standard InChI is InChI=1S/C28H31N3O3.C25H31N3O3/c1-18-25(29)31-22-17-21(15-16-23(22)33-18)28(30,26(32)34-27(2,3)4)24(19-11-7-5-8-12-19)20-13-9-6-10-14-20;1-15-23(26)27-20-14-17(12-13-21(20)30-15)22(28-24(29)31-25(2,3)4)19-11-7-9-16-8-5-6-10-18(16)19/h5-17,24,31H,29-30H2,1-4H3;5-6,8,10,12-14,19,22,27H,7,9,11,26H2,1-4H3,(H,28,29). The normalized spacial score (nSPS) is 16.9. The topological polar surface area (TPSA) is 185 Å². The van der Waals surface area contributed by atoms with Crippen molar-refractivity contribution in [2.45, 2.75) is 109 Å². The summed E-state index contributed by atoms with van der Waals surface area (Å²) in [6.45, 7) is 14.7. The van der Waals surface area contributed by atoms with Crippen molar-refractivity contribution in [3.8, 4) is 11.5 Å². The fraction of sp³-hybridized carbons (Fsp3) is 0.321. The molecule has 12 heteroatoms. The van der Waals surface area contributed by atoms with E-state index in [1.54, 1.807) is 13.0 Å². The first-order valence-electron chi connectivity index (χ1n) is 22.1. The van der Waals surface area contributed by atoms with Crippen molar-refractivity contribution >= 4 is 23.4 Å².